The van der Waals surface area contributed by atoms with Gasteiger partial charge >= 0.3 is 6.03 Å². The maximum Gasteiger partial charge on any atom is 0.329 e. The molecule has 3 amide bonds. The Balaban J connectivity index is 1.59. The molecule has 38 heavy (non-hydrogen) atoms. The van der Waals surface area contributed by atoms with E-state index in [1.54, 1.807) is 32.2 Å². The zero-order valence-corrected chi connectivity index (χ0v) is 22.6. The molecule has 0 spiro atoms. The number of aromatic nitrogens is 2. The van der Waals surface area contributed by atoms with Crippen molar-refractivity contribution in [2.24, 2.45) is 0 Å². The smallest absolute Gasteiger partial charge is 0.329 e. The van der Waals surface area contributed by atoms with Crippen LogP contribution in [0.5, 0.6) is 0 Å². The van der Waals surface area contributed by atoms with Crippen molar-refractivity contribution in [1.82, 2.24) is 19.6 Å². The minimum absolute atomic E-state index is 0.00619. The Morgan fingerprint density at radius 3 is 2.37 bits per heavy atom. The highest BCUT2D eigenvalue weighted by molar-refractivity contribution is 7.90. The minimum atomic E-state index is -4.13. The normalized spacial score (nSPS) is 12.2. The highest BCUT2D eigenvalue weighted by atomic mass is 32.2. The number of hydrogen-bond acceptors (Lipinski definition) is 5. The quantitative estimate of drug-likeness (QED) is 0.356. The Kier molecular flexibility index (Phi) is 7.82. The molecule has 1 aromatic heterocycles. The van der Waals surface area contributed by atoms with Crippen LogP contribution in [0.25, 0.3) is 11.0 Å². The average molecular weight is 534 g/mol. The highest BCUT2D eigenvalue weighted by Gasteiger charge is 2.28. The average Bonchev–Trinajstić information content (AvgIpc) is 3.21. The molecule has 0 aliphatic heterocycles. The maximum atomic E-state index is 13.6. The number of amides is 3. The summed E-state index contributed by atoms with van der Waals surface area (Å²) in [6.07, 6.45) is 0.174. The Morgan fingerprint density at radius 2 is 1.68 bits per heavy atom. The van der Waals surface area contributed by atoms with Crippen LogP contribution < -0.4 is 14.9 Å². The third kappa shape index (κ3) is 5.70. The number of hydrogen-bond donors (Lipinski definition) is 2. The van der Waals surface area contributed by atoms with Crippen LogP contribution in [-0.2, 0) is 27.8 Å². The van der Waals surface area contributed by atoms with Gasteiger partial charge in [-0.3, -0.25) is 4.79 Å². The third-order valence-electron chi connectivity index (χ3n) is 6.45. The summed E-state index contributed by atoms with van der Waals surface area (Å²) < 4.78 is 29.8. The Bertz CT molecular complexity index is 1580. The van der Waals surface area contributed by atoms with Crippen LogP contribution in [0.1, 0.15) is 23.9 Å². The van der Waals surface area contributed by atoms with Crippen LogP contribution in [-0.4, -0.2) is 43.0 Å². The molecule has 0 fully saturated rings. The van der Waals surface area contributed by atoms with Crippen molar-refractivity contribution in [2.45, 2.75) is 44.7 Å². The minimum Gasteiger partial charge on any atom is -0.329 e. The number of carbonyl (C=O) groups is 2. The van der Waals surface area contributed by atoms with Crippen LogP contribution in [0.3, 0.4) is 0 Å². The van der Waals surface area contributed by atoms with Crippen LogP contribution in [0.2, 0.25) is 0 Å². The Labute approximate surface area is 222 Å². The van der Waals surface area contributed by atoms with E-state index in [0.29, 0.717) is 11.3 Å². The summed E-state index contributed by atoms with van der Waals surface area (Å²) in [6, 6.07) is 19.1. The van der Waals surface area contributed by atoms with Crippen molar-refractivity contribution >= 4 is 38.7 Å². The van der Waals surface area contributed by atoms with Gasteiger partial charge in [0.15, 0.2) is 0 Å². The summed E-state index contributed by atoms with van der Waals surface area (Å²) in [7, 11) is -2.51. The van der Waals surface area contributed by atoms with Gasteiger partial charge in [-0.05, 0) is 56.2 Å². The number of fused-ring (bicyclic) bond motifs is 1. The first-order chi connectivity index (χ1) is 18.1. The van der Waals surface area contributed by atoms with Gasteiger partial charge in [-0.2, -0.15) is 0 Å². The molecule has 4 rings (SSSR count). The zero-order chi connectivity index (χ0) is 27.4. The summed E-state index contributed by atoms with van der Waals surface area (Å²) in [5.41, 5.74) is 3.65. The molecule has 9 nitrogen and oxygen atoms in total. The van der Waals surface area contributed by atoms with Crippen molar-refractivity contribution in [3.8, 4) is 0 Å². The lowest BCUT2D eigenvalue weighted by molar-refractivity contribution is -0.120. The molecule has 0 aliphatic rings. The highest BCUT2D eigenvalue weighted by Crippen LogP contribution is 2.23. The van der Waals surface area contributed by atoms with Crippen LogP contribution in [0.15, 0.2) is 77.7 Å². The van der Waals surface area contributed by atoms with Gasteiger partial charge in [-0.1, -0.05) is 48.5 Å². The SMILES string of the molecule is CCn1c(C)nc2cc(N(C)C(=O)C(Cc3ccccc3)NC(=O)NS(=O)(=O)c3ccccc3C)ccc21. The fourth-order valence-electron chi connectivity index (χ4n) is 4.48. The number of urea groups is 1. The number of anilines is 1. The van der Waals surface area contributed by atoms with Gasteiger partial charge < -0.3 is 14.8 Å². The van der Waals surface area contributed by atoms with Gasteiger partial charge in [0, 0.05) is 25.7 Å². The molecule has 10 heteroatoms. The number of nitrogens with one attached hydrogen (secondary N) is 2. The number of imidazole rings is 1. The standard InChI is InChI=1S/C28H31N5O4S/c1-5-33-20(3)29-23-18-22(15-16-25(23)33)32(4)27(34)24(17-21-12-7-6-8-13-21)30-28(35)31-38(36,37)26-14-10-9-11-19(26)2/h6-16,18,24H,5,17H2,1-4H3,(H2,30,31,35). The molecular formula is C28H31N5O4S. The van der Waals surface area contributed by atoms with E-state index >= 15 is 0 Å². The van der Waals surface area contributed by atoms with Gasteiger partial charge in [0.2, 0.25) is 5.91 Å². The predicted octanol–water partition coefficient (Wildman–Crippen LogP) is 3.94. The lowest BCUT2D eigenvalue weighted by Gasteiger charge is -2.25. The van der Waals surface area contributed by atoms with Crippen molar-refractivity contribution in [3.63, 3.8) is 0 Å². The number of sulfonamides is 1. The second-order valence-electron chi connectivity index (χ2n) is 9.06. The van der Waals surface area contributed by atoms with E-state index in [1.807, 2.05) is 67.1 Å². The van der Waals surface area contributed by atoms with Gasteiger partial charge in [0.25, 0.3) is 10.0 Å². The number of aryl methyl sites for hydroxylation is 3. The first kappa shape index (κ1) is 26.9. The largest absolute Gasteiger partial charge is 0.329 e. The van der Waals surface area contributed by atoms with Gasteiger partial charge in [0.05, 0.1) is 15.9 Å². The van der Waals surface area contributed by atoms with Crippen molar-refractivity contribution in [3.05, 3.63) is 89.7 Å². The number of nitrogens with zero attached hydrogens (tertiary/aromatic N) is 3. The number of carbonyl (C=O) groups excluding carboxylic acids is 2. The van der Waals surface area contributed by atoms with Crippen LogP contribution in [0, 0.1) is 13.8 Å². The monoisotopic (exact) mass is 533 g/mol. The first-order valence-corrected chi connectivity index (χ1v) is 13.8. The van der Waals surface area contributed by atoms with E-state index < -0.39 is 28.0 Å². The lowest BCUT2D eigenvalue weighted by Crippen LogP contribution is -2.52. The molecule has 0 saturated heterocycles. The Hall–Kier alpha value is -4.18. The molecule has 0 aliphatic carbocycles. The molecule has 0 saturated carbocycles. The topological polar surface area (TPSA) is 113 Å². The summed E-state index contributed by atoms with van der Waals surface area (Å²) in [4.78, 5) is 32.6. The number of likely N-dealkylation sites (N-methyl/N-ethyl adjacent to an activating group) is 1. The molecule has 1 atom stereocenters. The second-order valence-corrected chi connectivity index (χ2v) is 10.7. The zero-order valence-electron chi connectivity index (χ0n) is 21.8. The molecule has 0 bridgehead atoms. The van der Waals surface area contributed by atoms with Gasteiger partial charge in [-0.25, -0.2) is 22.9 Å². The molecule has 0 radical (unpaired) electrons. The van der Waals surface area contributed by atoms with E-state index in [4.69, 9.17) is 0 Å². The predicted molar refractivity (Wildman–Crippen MR) is 148 cm³/mol. The summed E-state index contributed by atoms with van der Waals surface area (Å²) in [6.45, 7) is 6.40. The lowest BCUT2D eigenvalue weighted by atomic mass is 10.0. The van der Waals surface area contributed by atoms with E-state index in [-0.39, 0.29) is 11.3 Å². The van der Waals surface area contributed by atoms with Crippen molar-refractivity contribution in [2.75, 3.05) is 11.9 Å². The fraction of sp³-hybridized carbons (Fsp3) is 0.250. The molecule has 1 heterocycles. The van der Waals surface area contributed by atoms with Crippen LogP contribution >= 0.6 is 0 Å². The van der Waals surface area contributed by atoms with Crippen molar-refractivity contribution in [1.29, 1.82) is 0 Å². The Morgan fingerprint density at radius 1 is 1.00 bits per heavy atom. The van der Waals surface area contributed by atoms with E-state index in [2.05, 4.69) is 14.9 Å². The van der Waals surface area contributed by atoms with Crippen molar-refractivity contribution < 1.29 is 18.0 Å². The number of rotatable bonds is 8. The molecule has 3 aromatic carbocycles. The van der Waals surface area contributed by atoms with E-state index in [9.17, 15) is 18.0 Å². The summed E-state index contributed by atoms with van der Waals surface area (Å²) in [5.74, 6) is 0.479. The molecular weight excluding hydrogens is 502 g/mol. The second kappa shape index (κ2) is 11.1. The fourth-order valence-corrected chi connectivity index (χ4v) is 5.64. The maximum absolute atomic E-state index is 13.6. The van der Waals surface area contributed by atoms with E-state index in [1.165, 1.54) is 11.0 Å². The number of benzene rings is 3. The third-order valence-corrected chi connectivity index (χ3v) is 7.94. The van der Waals surface area contributed by atoms with Crippen LogP contribution in [0.4, 0.5) is 10.5 Å². The van der Waals surface area contributed by atoms with Gasteiger partial charge in [-0.15, -0.1) is 0 Å². The molecule has 198 valence electrons. The molecule has 2 N–H and O–H groups in total. The first-order valence-electron chi connectivity index (χ1n) is 12.3. The summed E-state index contributed by atoms with van der Waals surface area (Å²) >= 11 is 0. The molecule has 1 unspecified atom stereocenters. The summed E-state index contributed by atoms with van der Waals surface area (Å²) in [5, 5.41) is 2.58. The van der Waals surface area contributed by atoms with E-state index in [0.717, 1.165) is 29.0 Å². The van der Waals surface area contributed by atoms with Gasteiger partial charge in [0.1, 0.15) is 11.9 Å². The molecule has 4 aromatic rings.